The lowest BCUT2D eigenvalue weighted by Crippen LogP contribution is -1.81. The fourth-order valence-electron chi connectivity index (χ4n) is 1.23. The van der Waals surface area contributed by atoms with Gasteiger partial charge in [0.1, 0.15) is 11.3 Å². The van der Waals surface area contributed by atoms with E-state index in [4.69, 9.17) is 9.15 Å². The van der Waals surface area contributed by atoms with E-state index in [1.54, 1.807) is 0 Å². The highest BCUT2D eigenvalue weighted by Gasteiger charge is 2.12. The minimum Gasteiger partial charge on any atom is -0.426 e. The van der Waals surface area contributed by atoms with Crippen LogP contribution in [0.5, 0.6) is 11.7 Å². The van der Waals surface area contributed by atoms with E-state index >= 15 is 0 Å². The molecule has 0 spiro atoms. The molecule has 0 amide bonds. The highest BCUT2D eigenvalue weighted by Crippen LogP contribution is 2.36. The molecule has 0 saturated heterocycles. The summed E-state index contributed by atoms with van der Waals surface area (Å²) in [6.45, 7) is 0. The van der Waals surface area contributed by atoms with E-state index in [1.165, 1.54) is 0 Å². The Bertz CT molecular complexity index is 387. The van der Waals surface area contributed by atoms with Crippen LogP contribution in [-0.2, 0) is 0 Å². The third-order valence-corrected chi connectivity index (χ3v) is 1.68. The second-order valence-electron chi connectivity index (χ2n) is 2.37. The molecule has 1 aromatic carbocycles. The zero-order valence-electron chi connectivity index (χ0n) is 5.13. The first-order valence-corrected chi connectivity index (χ1v) is 3.13. The monoisotopic (exact) mass is 132 g/mol. The predicted octanol–water partition coefficient (Wildman–Crippen LogP) is 2.54. The molecule has 2 aromatic rings. The molecular weight excluding hydrogens is 128 g/mol. The van der Waals surface area contributed by atoms with E-state index in [1.807, 2.05) is 24.3 Å². The number of furan rings is 1. The minimum absolute atomic E-state index is 0.604. The van der Waals surface area contributed by atoms with Gasteiger partial charge in [0.15, 0.2) is 0 Å². The van der Waals surface area contributed by atoms with E-state index in [9.17, 15) is 0 Å². The van der Waals surface area contributed by atoms with E-state index in [-0.39, 0.29) is 0 Å². The average molecular weight is 132 g/mol. The van der Waals surface area contributed by atoms with Crippen molar-refractivity contribution in [3.63, 3.8) is 0 Å². The largest absolute Gasteiger partial charge is 0.426 e. The average Bonchev–Trinajstić information content (AvgIpc) is 2.11. The molecule has 0 saturated carbocycles. The van der Waals surface area contributed by atoms with Crippen molar-refractivity contribution in [1.29, 1.82) is 0 Å². The van der Waals surface area contributed by atoms with Gasteiger partial charge in [0.25, 0.3) is 5.95 Å². The lowest BCUT2D eigenvalue weighted by atomic mass is 10.2. The highest BCUT2D eigenvalue weighted by molar-refractivity contribution is 5.82. The van der Waals surface area contributed by atoms with Crippen molar-refractivity contribution in [3.05, 3.63) is 24.3 Å². The van der Waals surface area contributed by atoms with Crippen molar-refractivity contribution in [2.75, 3.05) is 0 Å². The molecule has 3 rings (SSSR count). The number of fused-ring (bicyclic) bond motifs is 2. The SMILES string of the molecule is c1cc2oc3cc2cc1O3. The van der Waals surface area contributed by atoms with Crippen molar-refractivity contribution in [1.82, 2.24) is 0 Å². The molecule has 1 aliphatic rings. The van der Waals surface area contributed by atoms with E-state index in [0.717, 1.165) is 16.7 Å². The second kappa shape index (κ2) is 1.19. The van der Waals surface area contributed by atoms with Gasteiger partial charge in [-0.05, 0) is 18.2 Å². The van der Waals surface area contributed by atoms with Gasteiger partial charge >= 0.3 is 0 Å². The summed E-state index contributed by atoms with van der Waals surface area (Å²) in [6.07, 6.45) is 0. The molecule has 2 nitrogen and oxygen atoms in total. The quantitative estimate of drug-likeness (QED) is 0.469. The fourth-order valence-corrected chi connectivity index (χ4v) is 1.23. The van der Waals surface area contributed by atoms with Crippen LogP contribution in [0, 0.1) is 0 Å². The first kappa shape index (κ1) is 4.39. The van der Waals surface area contributed by atoms with Crippen molar-refractivity contribution >= 4 is 11.0 Å². The van der Waals surface area contributed by atoms with Crippen LogP contribution in [-0.4, -0.2) is 0 Å². The molecule has 0 aliphatic carbocycles. The Kier molecular flexibility index (Phi) is 0.520. The van der Waals surface area contributed by atoms with Crippen molar-refractivity contribution < 1.29 is 9.15 Å². The molecule has 48 valence electrons. The van der Waals surface area contributed by atoms with Gasteiger partial charge in [-0.2, -0.15) is 0 Å². The summed E-state index contributed by atoms with van der Waals surface area (Å²) < 4.78 is 10.5. The van der Waals surface area contributed by atoms with Gasteiger partial charge in [-0.25, -0.2) is 0 Å². The van der Waals surface area contributed by atoms with Gasteiger partial charge in [0.2, 0.25) is 0 Å². The molecule has 2 heteroatoms. The zero-order chi connectivity index (χ0) is 6.55. The summed E-state index contributed by atoms with van der Waals surface area (Å²) >= 11 is 0. The maximum atomic E-state index is 5.26. The maximum Gasteiger partial charge on any atom is 0.291 e. The first-order valence-electron chi connectivity index (χ1n) is 3.13. The topological polar surface area (TPSA) is 22.4 Å². The molecule has 0 N–H and O–H groups in total. The number of rotatable bonds is 0. The molecule has 0 fully saturated rings. The Hall–Kier alpha value is -1.44. The summed E-state index contributed by atoms with van der Waals surface area (Å²) in [5.41, 5.74) is 0.899. The third-order valence-electron chi connectivity index (χ3n) is 1.68. The van der Waals surface area contributed by atoms with E-state index in [2.05, 4.69) is 0 Å². The van der Waals surface area contributed by atoms with Crippen LogP contribution < -0.4 is 4.74 Å². The van der Waals surface area contributed by atoms with E-state index < -0.39 is 0 Å². The molecule has 10 heavy (non-hydrogen) atoms. The van der Waals surface area contributed by atoms with Gasteiger partial charge in [-0.15, -0.1) is 0 Å². The molecule has 0 atom stereocenters. The van der Waals surface area contributed by atoms with Crippen LogP contribution in [0.2, 0.25) is 0 Å². The zero-order valence-corrected chi connectivity index (χ0v) is 5.13. The number of ether oxygens (including phenoxy) is 1. The molecule has 2 heterocycles. The lowest BCUT2D eigenvalue weighted by molar-refractivity contribution is 0.365. The van der Waals surface area contributed by atoms with Crippen molar-refractivity contribution in [3.8, 4) is 11.7 Å². The second-order valence-corrected chi connectivity index (χ2v) is 2.37. The van der Waals surface area contributed by atoms with Gasteiger partial charge in [0.05, 0.1) is 0 Å². The minimum atomic E-state index is 0.604. The van der Waals surface area contributed by atoms with Crippen molar-refractivity contribution in [2.24, 2.45) is 0 Å². The molecule has 1 aliphatic heterocycles. The van der Waals surface area contributed by atoms with E-state index in [0.29, 0.717) is 5.95 Å². The van der Waals surface area contributed by atoms with Gasteiger partial charge < -0.3 is 9.15 Å². The van der Waals surface area contributed by atoms with Gasteiger partial charge in [-0.3, -0.25) is 0 Å². The van der Waals surface area contributed by atoms with Crippen LogP contribution in [0.4, 0.5) is 0 Å². The van der Waals surface area contributed by atoms with Crippen LogP contribution in [0.25, 0.3) is 11.0 Å². The Morgan fingerprint density at radius 1 is 1.10 bits per heavy atom. The summed E-state index contributed by atoms with van der Waals surface area (Å²) in [5.74, 6) is 1.47. The number of hydrogen-bond acceptors (Lipinski definition) is 2. The smallest absolute Gasteiger partial charge is 0.291 e. The van der Waals surface area contributed by atoms with Crippen LogP contribution >= 0.6 is 0 Å². The Morgan fingerprint density at radius 3 is 3.10 bits per heavy atom. The molecule has 0 radical (unpaired) electrons. The van der Waals surface area contributed by atoms with Gasteiger partial charge in [-0.1, -0.05) is 0 Å². The highest BCUT2D eigenvalue weighted by atomic mass is 16.6. The first-order chi connectivity index (χ1) is 4.92. The number of hydrogen-bond donors (Lipinski definition) is 0. The lowest BCUT2D eigenvalue weighted by Gasteiger charge is -2.00. The fraction of sp³-hybridized carbons (Fsp3) is 0. The molecule has 1 aromatic heterocycles. The predicted molar refractivity (Wildman–Crippen MR) is 36.3 cm³/mol. The third kappa shape index (κ3) is 0.365. The normalized spacial score (nSPS) is 12.8. The van der Waals surface area contributed by atoms with Crippen molar-refractivity contribution in [2.45, 2.75) is 0 Å². The standard InChI is InChI=1S/C8H4O2/c1-2-7-5-3-6(1)9-8(4-5)10-7/h1-4H. The summed E-state index contributed by atoms with van der Waals surface area (Å²) in [5, 5.41) is 1.12. The number of benzene rings is 1. The van der Waals surface area contributed by atoms with Gasteiger partial charge in [0, 0.05) is 11.5 Å². The summed E-state index contributed by atoms with van der Waals surface area (Å²) in [7, 11) is 0. The molecular formula is C8H4O2. The summed E-state index contributed by atoms with van der Waals surface area (Å²) in [6, 6.07) is 7.67. The van der Waals surface area contributed by atoms with Crippen LogP contribution in [0.1, 0.15) is 0 Å². The Morgan fingerprint density at radius 2 is 2.10 bits per heavy atom. The summed E-state index contributed by atoms with van der Waals surface area (Å²) in [4.78, 5) is 0. The van der Waals surface area contributed by atoms with Crippen LogP contribution in [0.15, 0.2) is 28.7 Å². The van der Waals surface area contributed by atoms with Crippen LogP contribution in [0.3, 0.4) is 0 Å². The molecule has 0 unspecified atom stereocenters. The molecule has 3 bridgehead atoms. The Labute approximate surface area is 57.0 Å². The maximum absolute atomic E-state index is 5.26. The Balaban J connectivity index is 2.71.